The van der Waals surface area contributed by atoms with Crippen LogP contribution in [0.5, 0.6) is 0 Å². The van der Waals surface area contributed by atoms with Gasteiger partial charge in [0.1, 0.15) is 10.3 Å². The third-order valence-electron chi connectivity index (χ3n) is 2.74. The molecule has 0 aliphatic heterocycles. The molecule has 1 aromatic rings. The molecule has 7 nitrogen and oxygen atoms in total. The number of nitrogens with zero attached hydrogens (tertiary/aromatic N) is 1. The number of aryl methyl sites for hydroxylation is 1. The molecule has 3 N–H and O–H groups in total. The number of sulfonamides is 1. The minimum atomic E-state index is -3.89. The first-order valence-corrected chi connectivity index (χ1v) is 6.92. The normalized spacial score (nSPS) is 12.5. The molecule has 0 spiro atoms. The molecule has 0 aliphatic carbocycles. The van der Waals surface area contributed by atoms with Gasteiger partial charge in [0, 0.05) is 0 Å². The van der Waals surface area contributed by atoms with Crippen molar-refractivity contribution in [3.8, 4) is 0 Å². The van der Waals surface area contributed by atoms with E-state index in [0.29, 0.717) is 5.69 Å². The molecule has 0 fully saturated rings. The maximum Gasteiger partial charge on any atom is 0.341 e. The summed E-state index contributed by atoms with van der Waals surface area (Å²) in [5.74, 6) is -0.615. The number of H-pyrrole nitrogens is 1. The number of nitrogens with one attached hydrogen (secondary N) is 1. The quantitative estimate of drug-likeness (QED) is 0.772. The lowest BCUT2D eigenvalue weighted by molar-refractivity contribution is 0.0523. The smallest absolute Gasteiger partial charge is 0.341 e. The van der Waals surface area contributed by atoms with E-state index in [1.54, 1.807) is 13.8 Å². The van der Waals surface area contributed by atoms with Crippen molar-refractivity contribution in [1.82, 2.24) is 10.2 Å². The van der Waals surface area contributed by atoms with E-state index >= 15 is 0 Å². The highest BCUT2D eigenvalue weighted by atomic mass is 32.2. The van der Waals surface area contributed by atoms with Crippen LogP contribution in [0.1, 0.15) is 42.5 Å². The van der Waals surface area contributed by atoms with E-state index in [1.165, 1.54) is 13.8 Å². The molecule has 0 aliphatic rings. The highest BCUT2D eigenvalue weighted by molar-refractivity contribution is 7.90. The van der Waals surface area contributed by atoms with E-state index in [2.05, 4.69) is 10.2 Å². The number of rotatable bonds is 4. The van der Waals surface area contributed by atoms with Gasteiger partial charge in [0.2, 0.25) is 10.0 Å². The summed E-state index contributed by atoms with van der Waals surface area (Å²) >= 11 is 0. The molecule has 0 amide bonds. The zero-order valence-corrected chi connectivity index (χ0v) is 11.6. The van der Waals surface area contributed by atoms with E-state index in [0.717, 1.165) is 0 Å². The summed E-state index contributed by atoms with van der Waals surface area (Å²) < 4.78 is 26.6. The van der Waals surface area contributed by atoms with Gasteiger partial charge in [0.15, 0.2) is 0 Å². The summed E-state index contributed by atoms with van der Waals surface area (Å²) in [5, 5.41) is 11.6. The number of ether oxygens (including phenoxy) is 1. The van der Waals surface area contributed by atoms with Crippen LogP contribution in [-0.4, -0.2) is 31.2 Å². The second kappa shape index (κ2) is 4.69. The minimum absolute atomic E-state index is 0.121. The van der Waals surface area contributed by atoms with E-state index in [1.807, 2.05) is 0 Å². The molecule has 0 aromatic carbocycles. The van der Waals surface area contributed by atoms with Crippen molar-refractivity contribution in [1.29, 1.82) is 0 Å². The van der Waals surface area contributed by atoms with Crippen molar-refractivity contribution in [3.63, 3.8) is 0 Å². The second-order valence-corrected chi connectivity index (χ2v) is 6.45. The van der Waals surface area contributed by atoms with Gasteiger partial charge < -0.3 is 4.74 Å². The maximum absolute atomic E-state index is 11.8. The predicted molar refractivity (Wildman–Crippen MR) is 65.4 cm³/mol. The number of carbonyl (C=O) groups is 1. The lowest BCUT2D eigenvalue weighted by atomic mass is 10.0. The van der Waals surface area contributed by atoms with Gasteiger partial charge in [-0.25, -0.2) is 18.4 Å². The van der Waals surface area contributed by atoms with Crippen molar-refractivity contribution in [2.45, 2.75) is 32.4 Å². The van der Waals surface area contributed by atoms with Gasteiger partial charge in [0.05, 0.1) is 18.0 Å². The molecular formula is C10H17N3O4S. The Morgan fingerprint density at radius 3 is 2.50 bits per heavy atom. The second-order valence-electron chi connectivity index (χ2n) is 4.33. The average Bonchev–Trinajstić information content (AvgIpc) is 2.59. The molecule has 1 aromatic heterocycles. The van der Waals surface area contributed by atoms with Crippen molar-refractivity contribution in [2.24, 2.45) is 5.14 Å². The van der Waals surface area contributed by atoms with Crippen molar-refractivity contribution >= 4 is 16.0 Å². The van der Waals surface area contributed by atoms with Gasteiger partial charge in [-0.3, -0.25) is 5.10 Å². The first kappa shape index (κ1) is 14.7. The summed E-state index contributed by atoms with van der Waals surface area (Å²) in [7, 11) is -3.89. The molecule has 0 bridgehead atoms. The Balaban J connectivity index is 3.41. The first-order chi connectivity index (χ1) is 8.13. The number of nitrogens with two attached hydrogens (primary N) is 1. The number of hydrogen-bond donors (Lipinski definition) is 2. The minimum Gasteiger partial charge on any atom is -0.462 e. The van der Waals surface area contributed by atoms with E-state index < -0.39 is 20.7 Å². The van der Waals surface area contributed by atoms with Gasteiger partial charge >= 0.3 is 5.97 Å². The Kier molecular flexibility index (Phi) is 3.82. The fourth-order valence-corrected chi connectivity index (χ4v) is 1.90. The average molecular weight is 275 g/mol. The molecule has 0 saturated heterocycles. The summed E-state index contributed by atoms with van der Waals surface area (Å²) in [6.07, 6.45) is 0. The molecule has 0 atom stereocenters. The van der Waals surface area contributed by atoms with Crippen LogP contribution in [0.2, 0.25) is 0 Å². The Bertz CT molecular complexity index is 560. The molecule has 18 heavy (non-hydrogen) atoms. The molecule has 8 heteroatoms. The van der Waals surface area contributed by atoms with Crippen LogP contribution in [0.4, 0.5) is 0 Å². The fourth-order valence-electron chi connectivity index (χ4n) is 1.46. The third-order valence-corrected chi connectivity index (χ3v) is 4.37. The standard InChI is InChI=1S/C10H17N3O4S/c1-5-17-9(14)7-6(2)12-13-8(7)10(3,4)18(11,15)16/h5H2,1-4H3,(H,12,13)(H2,11,15,16). The van der Waals surface area contributed by atoms with Gasteiger partial charge in [-0.2, -0.15) is 5.10 Å². The van der Waals surface area contributed by atoms with Crippen LogP contribution < -0.4 is 5.14 Å². The molecule has 0 radical (unpaired) electrons. The Hall–Kier alpha value is -1.41. The fraction of sp³-hybridized carbons (Fsp3) is 0.600. The lowest BCUT2D eigenvalue weighted by Gasteiger charge is -2.21. The molecule has 102 valence electrons. The summed E-state index contributed by atoms with van der Waals surface area (Å²) in [4.78, 5) is 11.8. The molecular weight excluding hydrogens is 258 g/mol. The zero-order valence-electron chi connectivity index (χ0n) is 10.8. The van der Waals surface area contributed by atoms with Gasteiger partial charge in [-0.15, -0.1) is 0 Å². The number of aromatic nitrogens is 2. The first-order valence-electron chi connectivity index (χ1n) is 5.37. The van der Waals surface area contributed by atoms with E-state index in [-0.39, 0.29) is 17.9 Å². The lowest BCUT2D eigenvalue weighted by Crippen LogP contribution is -2.37. The van der Waals surface area contributed by atoms with Crippen molar-refractivity contribution < 1.29 is 17.9 Å². The Labute approximate surface area is 106 Å². The highest BCUT2D eigenvalue weighted by Crippen LogP contribution is 2.30. The predicted octanol–water partition coefficient (Wildman–Crippen LogP) is 0.418. The SMILES string of the molecule is CCOC(=O)c1c(C)n[nH]c1C(C)(C)S(N)(=O)=O. The Morgan fingerprint density at radius 2 is 2.06 bits per heavy atom. The van der Waals surface area contributed by atoms with Crippen LogP contribution in [0.15, 0.2) is 0 Å². The van der Waals surface area contributed by atoms with Crippen LogP contribution in [0.3, 0.4) is 0 Å². The van der Waals surface area contributed by atoms with Crippen molar-refractivity contribution in [3.05, 3.63) is 17.0 Å². The topological polar surface area (TPSA) is 115 Å². The number of esters is 1. The highest BCUT2D eigenvalue weighted by Gasteiger charge is 2.39. The van der Waals surface area contributed by atoms with Crippen LogP contribution in [-0.2, 0) is 19.5 Å². The molecule has 1 rings (SSSR count). The summed E-state index contributed by atoms with van der Waals surface area (Å²) in [6.45, 7) is 6.25. The monoisotopic (exact) mass is 275 g/mol. The van der Waals surface area contributed by atoms with Crippen LogP contribution in [0.25, 0.3) is 0 Å². The molecule has 0 saturated carbocycles. The zero-order chi connectivity index (χ0) is 14.1. The largest absolute Gasteiger partial charge is 0.462 e. The number of primary sulfonamides is 1. The van der Waals surface area contributed by atoms with Crippen molar-refractivity contribution in [2.75, 3.05) is 6.61 Å². The van der Waals surface area contributed by atoms with E-state index in [4.69, 9.17) is 9.88 Å². The van der Waals surface area contributed by atoms with Crippen LogP contribution >= 0.6 is 0 Å². The van der Waals surface area contributed by atoms with Gasteiger partial charge in [-0.1, -0.05) is 0 Å². The summed E-state index contributed by atoms with van der Waals surface area (Å²) in [5.41, 5.74) is 0.636. The summed E-state index contributed by atoms with van der Waals surface area (Å²) in [6, 6.07) is 0. The van der Waals surface area contributed by atoms with Gasteiger partial charge in [-0.05, 0) is 27.7 Å². The number of hydrogen-bond acceptors (Lipinski definition) is 5. The third kappa shape index (κ3) is 2.39. The molecule has 0 unspecified atom stereocenters. The van der Waals surface area contributed by atoms with Crippen LogP contribution in [0, 0.1) is 6.92 Å². The number of carbonyl (C=O) groups excluding carboxylic acids is 1. The maximum atomic E-state index is 11.8. The van der Waals surface area contributed by atoms with E-state index in [9.17, 15) is 13.2 Å². The Morgan fingerprint density at radius 1 is 1.50 bits per heavy atom. The molecule has 1 heterocycles. The van der Waals surface area contributed by atoms with Gasteiger partial charge in [0.25, 0.3) is 0 Å². The number of aromatic amines is 1.